The summed E-state index contributed by atoms with van der Waals surface area (Å²) >= 11 is 0. The lowest BCUT2D eigenvalue weighted by molar-refractivity contribution is -0.115. The number of anilines is 1. The maximum absolute atomic E-state index is 12.4. The van der Waals surface area contributed by atoms with Gasteiger partial charge in [-0.3, -0.25) is 14.9 Å². The van der Waals surface area contributed by atoms with Crippen molar-refractivity contribution in [1.82, 2.24) is 10.6 Å². The Morgan fingerprint density at radius 1 is 1.00 bits per heavy atom. The number of hydrogen-bond acceptors (Lipinski definition) is 4. The van der Waals surface area contributed by atoms with E-state index in [1.54, 1.807) is 37.6 Å². The predicted octanol–water partition coefficient (Wildman–Crippen LogP) is 2.96. The molecule has 0 aliphatic heterocycles. The molecule has 3 rings (SSSR count). The van der Waals surface area contributed by atoms with Crippen LogP contribution in [0.1, 0.15) is 27.7 Å². The van der Waals surface area contributed by atoms with E-state index in [2.05, 4.69) is 16.0 Å². The van der Waals surface area contributed by atoms with Gasteiger partial charge in [-0.25, -0.2) is 0 Å². The Hall–Kier alpha value is -3.38. The van der Waals surface area contributed by atoms with Crippen molar-refractivity contribution in [1.29, 1.82) is 0 Å². The third kappa shape index (κ3) is 4.83. The summed E-state index contributed by atoms with van der Waals surface area (Å²) in [5, 5.41) is 8.58. The standard InChI is InChI=1S/C21H21N3O3/c1-22-21(26)16-9-5-10-17(13-16)24-19(25)14-23-20(18-11-6-12-27-18)15-7-3-2-4-8-15/h2-13,20,23H,14H2,1H3,(H,22,26)(H,24,25)/t20-/m0/s1. The Balaban J connectivity index is 1.66. The monoisotopic (exact) mass is 363 g/mol. The molecular weight excluding hydrogens is 342 g/mol. The first-order valence-corrected chi connectivity index (χ1v) is 8.61. The van der Waals surface area contributed by atoms with Gasteiger partial charge in [0, 0.05) is 18.3 Å². The third-order valence-corrected chi connectivity index (χ3v) is 4.06. The van der Waals surface area contributed by atoms with Crippen LogP contribution in [0.4, 0.5) is 5.69 Å². The quantitative estimate of drug-likeness (QED) is 0.603. The lowest BCUT2D eigenvalue weighted by atomic mass is 10.0. The molecule has 2 aromatic carbocycles. The summed E-state index contributed by atoms with van der Waals surface area (Å²) in [4.78, 5) is 24.1. The van der Waals surface area contributed by atoms with Gasteiger partial charge in [0.25, 0.3) is 5.91 Å². The number of carbonyl (C=O) groups is 2. The number of furan rings is 1. The van der Waals surface area contributed by atoms with Gasteiger partial charge in [0.2, 0.25) is 5.91 Å². The van der Waals surface area contributed by atoms with Crippen molar-refractivity contribution in [2.75, 3.05) is 18.9 Å². The first-order chi connectivity index (χ1) is 13.2. The summed E-state index contributed by atoms with van der Waals surface area (Å²) in [6.45, 7) is 0.0878. The summed E-state index contributed by atoms with van der Waals surface area (Å²) < 4.78 is 5.52. The fraction of sp³-hybridized carbons (Fsp3) is 0.143. The second kappa shape index (κ2) is 8.82. The predicted molar refractivity (Wildman–Crippen MR) is 103 cm³/mol. The van der Waals surface area contributed by atoms with Crippen LogP contribution in [0.5, 0.6) is 0 Å². The molecule has 0 radical (unpaired) electrons. The Labute approximate surface area is 157 Å². The lowest BCUT2D eigenvalue weighted by Crippen LogP contribution is -2.31. The fourth-order valence-electron chi connectivity index (χ4n) is 2.77. The van der Waals surface area contributed by atoms with Gasteiger partial charge in [-0.05, 0) is 35.9 Å². The van der Waals surface area contributed by atoms with Gasteiger partial charge in [-0.15, -0.1) is 0 Å². The molecule has 0 aliphatic rings. The zero-order valence-corrected chi connectivity index (χ0v) is 14.9. The van der Waals surface area contributed by atoms with Gasteiger partial charge < -0.3 is 15.1 Å². The Bertz CT molecular complexity index is 892. The van der Waals surface area contributed by atoms with Crippen molar-refractivity contribution < 1.29 is 14.0 Å². The zero-order chi connectivity index (χ0) is 19.1. The second-order valence-electron chi connectivity index (χ2n) is 5.95. The Morgan fingerprint density at radius 2 is 1.81 bits per heavy atom. The number of benzene rings is 2. The molecule has 1 atom stereocenters. The number of carbonyl (C=O) groups excluding carboxylic acids is 2. The molecule has 138 valence electrons. The van der Waals surface area contributed by atoms with Crippen LogP contribution in [0, 0.1) is 0 Å². The van der Waals surface area contributed by atoms with Crippen LogP contribution >= 0.6 is 0 Å². The normalized spacial score (nSPS) is 11.6. The van der Waals surface area contributed by atoms with E-state index in [0.29, 0.717) is 11.3 Å². The smallest absolute Gasteiger partial charge is 0.251 e. The molecule has 1 aromatic heterocycles. The van der Waals surface area contributed by atoms with Gasteiger partial charge in [0.15, 0.2) is 0 Å². The summed E-state index contributed by atoms with van der Waals surface area (Å²) in [5.41, 5.74) is 2.06. The van der Waals surface area contributed by atoms with E-state index in [0.717, 1.165) is 11.3 Å². The van der Waals surface area contributed by atoms with Crippen LogP contribution < -0.4 is 16.0 Å². The molecule has 1 heterocycles. The largest absolute Gasteiger partial charge is 0.467 e. The van der Waals surface area contributed by atoms with Gasteiger partial charge in [0.1, 0.15) is 5.76 Å². The highest BCUT2D eigenvalue weighted by Gasteiger charge is 2.17. The fourth-order valence-corrected chi connectivity index (χ4v) is 2.77. The molecule has 2 amide bonds. The van der Waals surface area contributed by atoms with Crippen LogP contribution in [-0.2, 0) is 4.79 Å². The molecule has 0 unspecified atom stereocenters. The average Bonchev–Trinajstić information content (AvgIpc) is 3.23. The van der Waals surface area contributed by atoms with Gasteiger partial charge in [-0.1, -0.05) is 36.4 Å². The maximum Gasteiger partial charge on any atom is 0.251 e. The number of hydrogen-bond donors (Lipinski definition) is 3. The zero-order valence-electron chi connectivity index (χ0n) is 14.9. The molecule has 0 bridgehead atoms. The molecule has 0 aliphatic carbocycles. The van der Waals surface area contributed by atoms with Crippen LogP contribution in [-0.4, -0.2) is 25.4 Å². The minimum atomic E-state index is -0.232. The SMILES string of the molecule is CNC(=O)c1cccc(NC(=O)CN[C@@H](c2ccccc2)c2ccco2)c1. The minimum Gasteiger partial charge on any atom is -0.467 e. The first-order valence-electron chi connectivity index (χ1n) is 8.61. The van der Waals surface area contributed by atoms with Crippen molar-refractivity contribution in [2.45, 2.75) is 6.04 Å². The molecule has 27 heavy (non-hydrogen) atoms. The van der Waals surface area contributed by atoms with Crippen LogP contribution in [0.25, 0.3) is 0 Å². The highest BCUT2D eigenvalue weighted by atomic mass is 16.3. The molecule has 0 spiro atoms. The second-order valence-corrected chi connectivity index (χ2v) is 5.95. The summed E-state index contributed by atoms with van der Waals surface area (Å²) in [7, 11) is 1.57. The van der Waals surface area contributed by atoms with E-state index in [1.165, 1.54) is 0 Å². The van der Waals surface area contributed by atoms with Crippen molar-refractivity contribution in [3.63, 3.8) is 0 Å². The van der Waals surface area contributed by atoms with E-state index in [9.17, 15) is 9.59 Å². The number of rotatable bonds is 7. The van der Waals surface area contributed by atoms with Crippen molar-refractivity contribution in [3.05, 3.63) is 89.9 Å². The van der Waals surface area contributed by atoms with Crippen molar-refractivity contribution >= 4 is 17.5 Å². The van der Waals surface area contributed by atoms with E-state index in [4.69, 9.17) is 4.42 Å². The molecule has 0 fully saturated rings. The van der Waals surface area contributed by atoms with Crippen LogP contribution in [0.3, 0.4) is 0 Å². The molecule has 3 aromatic rings. The van der Waals surface area contributed by atoms with Crippen LogP contribution in [0.15, 0.2) is 77.4 Å². The topological polar surface area (TPSA) is 83.4 Å². The first kappa shape index (κ1) is 18.4. The highest BCUT2D eigenvalue weighted by Crippen LogP contribution is 2.22. The maximum atomic E-state index is 12.4. The van der Waals surface area contributed by atoms with Gasteiger partial charge >= 0.3 is 0 Å². The van der Waals surface area contributed by atoms with E-state index in [-0.39, 0.29) is 24.4 Å². The molecule has 6 nitrogen and oxygen atoms in total. The van der Waals surface area contributed by atoms with Crippen molar-refractivity contribution in [2.24, 2.45) is 0 Å². The van der Waals surface area contributed by atoms with Crippen molar-refractivity contribution in [3.8, 4) is 0 Å². The molecule has 0 saturated heterocycles. The molecule has 3 N–H and O–H groups in total. The molecular formula is C21H21N3O3. The highest BCUT2D eigenvalue weighted by molar-refractivity contribution is 5.97. The van der Waals surface area contributed by atoms with E-state index >= 15 is 0 Å². The minimum absolute atomic E-state index is 0.0878. The van der Waals surface area contributed by atoms with Crippen LogP contribution in [0.2, 0.25) is 0 Å². The van der Waals surface area contributed by atoms with E-state index < -0.39 is 0 Å². The molecule has 0 saturated carbocycles. The van der Waals surface area contributed by atoms with E-state index in [1.807, 2.05) is 42.5 Å². The molecule has 6 heteroatoms. The average molecular weight is 363 g/mol. The Kier molecular flexibility index (Phi) is 6.02. The number of amides is 2. The third-order valence-electron chi connectivity index (χ3n) is 4.06. The summed E-state index contributed by atoms with van der Waals surface area (Å²) in [6, 6.07) is 20.0. The Morgan fingerprint density at radius 3 is 2.52 bits per heavy atom. The lowest BCUT2D eigenvalue weighted by Gasteiger charge is -2.17. The van der Waals surface area contributed by atoms with Gasteiger partial charge in [0.05, 0.1) is 18.8 Å². The van der Waals surface area contributed by atoms with Gasteiger partial charge in [-0.2, -0.15) is 0 Å². The summed E-state index contributed by atoms with van der Waals surface area (Å²) in [6.07, 6.45) is 1.61. The summed E-state index contributed by atoms with van der Waals surface area (Å²) in [5.74, 6) is 0.318. The number of nitrogens with one attached hydrogen (secondary N) is 3.